The fraction of sp³-hybridized carbons (Fsp3) is 0.364. The monoisotopic (exact) mass is 271 g/mol. The summed E-state index contributed by atoms with van der Waals surface area (Å²) >= 11 is 0. The Balaban J connectivity index is 1.96. The molecule has 2 N–H and O–H groups in total. The lowest BCUT2D eigenvalue weighted by molar-refractivity contribution is 0.600. The summed E-state index contributed by atoms with van der Waals surface area (Å²) < 4.78 is 34.8. The molecule has 98 valence electrons. The van der Waals surface area contributed by atoms with E-state index in [-0.39, 0.29) is 11.6 Å². The van der Waals surface area contributed by atoms with E-state index in [0.717, 1.165) is 0 Å². The molecule has 5 nitrogen and oxygen atoms in total. The minimum absolute atomic E-state index is 0.134. The smallest absolute Gasteiger partial charge is 0.201 e. The van der Waals surface area contributed by atoms with Crippen LogP contribution >= 0.6 is 0 Å². The Morgan fingerprint density at radius 1 is 1.44 bits per heavy atom. The van der Waals surface area contributed by atoms with Crippen LogP contribution in [0, 0.1) is 5.82 Å². The predicted octanol–water partition coefficient (Wildman–Crippen LogP) is 1.55. The molecule has 0 bridgehead atoms. The maximum atomic E-state index is 12.9. The largest absolute Gasteiger partial charge is 0.356 e. The van der Waals surface area contributed by atoms with Gasteiger partial charge in [-0.05, 0) is 24.6 Å². The minimum Gasteiger partial charge on any atom is -0.356 e. The molecule has 2 aromatic rings. The zero-order chi connectivity index (χ0) is 13.2. The summed E-state index contributed by atoms with van der Waals surface area (Å²) in [4.78, 5) is 7.13. The van der Waals surface area contributed by atoms with Crippen molar-refractivity contribution in [3.8, 4) is 0 Å². The molecule has 1 heterocycles. The second-order valence-electron chi connectivity index (χ2n) is 4.16. The molecule has 2 rings (SSSR count). The third kappa shape index (κ3) is 3.43. The summed E-state index contributed by atoms with van der Waals surface area (Å²) in [5.41, 5.74) is 1.28. The van der Waals surface area contributed by atoms with Crippen molar-refractivity contribution in [2.75, 3.05) is 23.9 Å². The molecular formula is C11H14FN3O2S. The van der Waals surface area contributed by atoms with Gasteiger partial charge in [-0.25, -0.2) is 17.8 Å². The molecular weight excluding hydrogens is 257 g/mol. The number of H-pyrrole nitrogens is 1. The van der Waals surface area contributed by atoms with Gasteiger partial charge < -0.3 is 10.3 Å². The van der Waals surface area contributed by atoms with Gasteiger partial charge in [0.15, 0.2) is 0 Å². The Hall–Kier alpha value is -1.63. The highest BCUT2D eigenvalue weighted by atomic mass is 32.2. The summed E-state index contributed by atoms with van der Waals surface area (Å²) in [5, 5.41) is 2.97. The van der Waals surface area contributed by atoms with Gasteiger partial charge in [0, 0.05) is 12.8 Å². The molecule has 0 saturated carbocycles. The Labute approximate surface area is 104 Å². The van der Waals surface area contributed by atoms with Crippen LogP contribution in [0.25, 0.3) is 11.0 Å². The average Bonchev–Trinajstić information content (AvgIpc) is 2.65. The quantitative estimate of drug-likeness (QED) is 0.809. The fourth-order valence-corrected chi connectivity index (χ4v) is 2.28. The summed E-state index contributed by atoms with van der Waals surface area (Å²) in [6.07, 6.45) is 1.71. The Morgan fingerprint density at radius 3 is 2.94 bits per heavy atom. The van der Waals surface area contributed by atoms with Crippen LogP contribution in [0.4, 0.5) is 10.3 Å². The van der Waals surface area contributed by atoms with Crippen molar-refractivity contribution in [3.63, 3.8) is 0 Å². The van der Waals surface area contributed by atoms with Gasteiger partial charge in [0.05, 0.1) is 16.8 Å². The molecule has 0 aliphatic heterocycles. The van der Waals surface area contributed by atoms with Crippen LogP contribution in [-0.4, -0.2) is 36.9 Å². The first kappa shape index (κ1) is 12.8. The van der Waals surface area contributed by atoms with Crippen molar-refractivity contribution in [2.24, 2.45) is 0 Å². The zero-order valence-corrected chi connectivity index (χ0v) is 10.7. The minimum atomic E-state index is -2.93. The molecule has 0 amide bonds. The molecule has 0 spiro atoms. The van der Waals surface area contributed by atoms with E-state index in [1.165, 1.54) is 18.4 Å². The van der Waals surface area contributed by atoms with Gasteiger partial charge in [-0.2, -0.15) is 0 Å². The molecule has 0 atom stereocenters. The first-order valence-electron chi connectivity index (χ1n) is 5.51. The fourth-order valence-electron chi connectivity index (χ4n) is 1.61. The van der Waals surface area contributed by atoms with E-state index in [9.17, 15) is 12.8 Å². The number of aromatic nitrogens is 2. The van der Waals surface area contributed by atoms with Gasteiger partial charge in [0.1, 0.15) is 15.7 Å². The number of nitrogens with zero attached hydrogens (tertiary/aromatic N) is 1. The van der Waals surface area contributed by atoms with Crippen LogP contribution in [0.2, 0.25) is 0 Å². The van der Waals surface area contributed by atoms with Crippen LogP contribution in [0.15, 0.2) is 18.2 Å². The number of rotatable bonds is 5. The van der Waals surface area contributed by atoms with Gasteiger partial charge in [0.25, 0.3) is 0 Å². The van der Waals surface area contributed by atoms with E-state index in [1.54, 1.807) is 6.07 Å². The average molecular weight is 271 g/mol. The molecule has 0 aliphatic carbocycles. The molecule has 0 fully saturated rings. The van der Waals surface area contributed by atoms with Crippen LogP contribution in [0.1, 0.15) is 6.42 Å². The third-order valence-electron chi connectivity index (χ3n) is 2.43. The number of aromatic amines is 1. The van der Waals surface area contributed by atoms with E-state index in [2.05, 4.69) is 15.3 Å². The highest BCUT2D eigenvalue weighted by Crippen LogP contribution is 2.15. The van der Waals surface area contributed by atoms with Gasteiger partial charge in [-0.3, -0.25) is 0 Å². The molecule has 0 radical (unpaired) electrons. The molecule has 0 saturated heterocycles. The van der Waals surface area contributed by atoms with E-state index < -0.39 is 9.84 Å². The number of benzene rings is 1. The molecule has 18 heavy (non-hydrogen) atoms. The summed E-state index contributed by atoms with van der Waals surface area (Å²) in [7, 11) is -2.93. The lowest BCUT2D eigenvalue weighted by atomic mass is 10.3. The number of fused-ring (bicyclic) bond motifs is 1. The summed E-state index contributed by atoms with van der Waals surface area (Å²) in [5.74, 6) is 0.327. The molecule has 0 aliphatic rings. The molecule has 1 aromatic carbocycles. The van der Waals surface area contributed by atoms with E-state index in [4.69, 9.17) is 0 Å². The Morgan fingerprint density at radius 2 is 2.22 bits per heavy atom. The number of halogens is 1. The lowest BCUT2D eigenvalue weighted by Crippen LogP contribution is -2.10. The zero-order valence-electron chi connectivity index (χ0n) is 9.90. The maximum absolute atomic E-state index is 12.9. The van der Waals surface area contributed by atoms with Gasteiger partial charge >= 0.3 is 0 Å². The standard InChI is InChI=1S/C11H14FN3O2S/c1-18(16,17)6-2-5-13-11-14-9-4-3-8(12)7-10(9)15-11/h3-4,7H,2,5-6H2,1H3,(H2,13,14,15). The van der Waals surface area contributed by atoms with Crippen LogP contribution in [0.5, 0.6) is 0 Å². The first-order chi connectivity index (χ1) is 8.44. The van der Waals surface area contributed by atoms with Crippen molar-refractivity contribution in [1.82, 2.24) is 9.97 Å². The number of nitrogens with one attached hydrogen (secondary N) is 2. The number of hydrogen-bond donors (Lipinski definition) is 2. The van der Waals surface area contributed by atoms with Crippen LogP contribution < -0.4 is 5.32 Å². The van der Waals surface area contributed by atoms with Gasteiger partial charge in [-0.1, -0.05) is 0 Å². The summed E-state index contributed by atoms with van der Waals surface area (Å²) in [6.45, 7) is 0.495. The van der Waals surface area contributed by atoms with Crippen molar-refractivity contribution < 1.29 is 12.8 Å². The SMILES string of the molecule is CS(=O)(=O)CCCNc1nc2ccc(F)cc2[nH]1. The molecule has 0 unspecified atom stereocenters. The Kier molecular flexibility index (Phi) is 3.51. The predicted molar refractivity (Wildman–Crippen MR) is 68.9 cm³/mol. The van der Waals surface area contributed by atoms with Crippen molar-refractivity contribution >= 4 is 26.8 Å². The number of imidazole rings is 1. The number of sulfone groups is 1. The van der Waals surface area contributed by atoms with E-state index in [1.807, 2.05) is 0 Å². The first-order valence-corrected chi connectivity index (χ1v) is 7.57. The van der Waals surface area contributed by atoms with Crippen molar-refractivity contribution in [2.45, 2.75) is 6.42 Å². The van der Waals surface area contributed by atoms with Crippen molar-refractivity contribution in [3.05, 3.63) is 24.0 Å². The Bertz CT molecular complexity index is 651. The van der Waals surface area contributed by atoms with E-state index >= 15 is 0 Å². The number of anilines is 1. The second kappa shape index (κ2) is 4.93. The second-order valence-corrected chi connectivity index (χ2v) is 6.42. The van der Waals surface area contributed by atoms with Crippen LogP contribution in [-0.2, 0) is 9.84 Å². The van der Waals surface area contributed by atoms with Crippen molar-refractivity contribution in [1.29, 1.82) is 0 Å². The highest BCUT2D eigenvalue weighted by Gasteiger charge is 2.04. The normalized spacial score (nSPS) is 11.9. The van der Waals surface area contributed by atoms with Gasteiger partial charge in [-0.15, -0.1) is 0 Å². The summed E-state index contributed by atoms with van der Waals surface area (Å²) in [6, 6.07) is 4.30. The third-order valence-corrected chi connectivity index (χ3v) is 3.46. The molecule has 1 aromatic heterocycles. The highest BCUT2D eigenvalue weighted by molar-refractivity contribution is 7.90. The maximum Gasteiger partial charge on any atom is 0.201 e. The van der Waals surface area contributed by atoms with Crippen LogP contribution in [0.3, 0.4) is 0 Å². The number of hydrogen-bond acceptors (Lipinski definition) is 4. The van der Waals surface area contributed by atoms with Gasteiger partial charge in [0.2, 0.25) is 5.95 Å². The molecule has 7 heteroatoms. The topological polar surface area (TPSA) is 74.8 Å². The van der Waals surface area contributed by atoms with E-state index in [0.29, 0.717) is 29.9 Å². The lowest BCUT2D eigenvalue weighted by Gasteiger charge is -2.01.